The van der Waals surface area contributed by atoms with Crippen LogP contribution in [0.5, 0.6) is 0 Å². The minimum absolute atomic E-state index is 0.0625. The van der Waals surface area contributed by atoms with Crippen molar-refractivity contribution >= 4 is 32.3 Å². The number of hydrogen-bond donors (Lipinski definition) is 0. The minimum atomic E-state index is -1.61. The van der Waals surface area contributed by atoms with Gasteiger partial charge in [-0.1, -0.05) is 22.7 Å². The Morgan fingerprint density at radius 1 is 0.538 bits per heavy atom. The van der Waals surface area contributed by atoms with Crippen LogP contribution in [0.4, 0.5) is 26.3 Å². The molecule has 2 heterocycles. The normalized spacial score (nSPS) is 11.5. The predicted octanol–water partition coefficient (Wildman–Crippen LogP) is 5.92. The third kappa shape index (κ3) is 2.56. The first-order chi connectivity index (χ1) is 12.4. The monoisotopic (exact) mass is 402 g/mol. The van der Waals surface area contributed by atoms with Crippen LogP contribution < -0.4 is 0 Å². The van der Waals surface area contributed by atoms with Gasteiger partial charge in [-0.15, -0.1) is 0 Å². The Balaban J connectivity index is 1.80. The largest absolute Gasteiger partial charge is 0.223 e. The van der Waals surface area contributed by atoms with E-state index >= 15 is 0 Å². The van der Waals surface area contributed by atoms with E-state index in [2.05, 4.69) is 9.97 Å². The van der Waals surface area contributed by atoms with Crippen molar-refractivity contribution in [2.45, 2.75) is 0 Å². The van der Waals surface area contributed by atoms with E-state index in [-0.39, 0.29) is 30.8 Å². The molecule has 2 aromatic carbocycles. The molecule has 0 aliphatic rings. The molecular formula is C16H4F6N2S2. The van der Waals surface area contributed by atoms with Gasteiger partial charge in [0.25, 0.3) is 0 Å². The van der Waals surface area contributed by atoms with Crippen LogP contribution in [0.15, 0.2) is 24.3 Å². The predicted molar refractivity (Wildman–Crippen MR) is 85.9 cm³/mol. The Morgan fingerprint density at radius 2 is 0.923 bits per heavy atom. The van der Waals surface area contributed by atoms with Gasteiger partial charge in [0.1, 0.15) is 10.0 Å². The van der Waals surface area contributed by atoms with Crippen LogP contribution in [0.2, 0.25) is 0 Å². The summed E-state index contributed by atoms with van der Waals surface area (Å²) in [6.45, 7) is 0. The molecule has 4 rings (SSSR count). The zero-order chi connectivity index (χ0) is 18.6. The Morgan fingerprint density at radius 3 is 1.31 bits per heavy atom. The maximum absolute atomic E-state index is 13.9. The van der Waals surface area contributed by atoms with Gasteiger partial charge in [-0.2, -0.15) is 0 Å². The lowest BCUT2D eigenvalue weighted by Crippen LogP contribution is -1.93. The van der Waals surface area contributed by atoms with Crippen molar-refractivity contribution in [2.24, 2.45) is 0 Å². The third-order valence-electron chi connectivity index (χ3n) is 3.51. The first kappa shape index (κ1) is 17.0. The summed E-state index contributed by atoms with van der Waals surface area (Å²) in [5, 5.41) is 0.125. The Kier molecular flexibility index (Phi) is 3.96. The number of aromatic nitrogens is 2. The Bertz CT molecular complexity index is 1050. The molecule has 132 valence electrons. The summed E-state index contributed by atoms with van der Waals surface area (Å²) in [6.07, 6.45) is 0. The van der Waals surface area contributed by atoms with Crippen LogP contribution in [0.1, 0.15) is 0 Å². The smallest absolute Gasteiger partial charge is 0.195 e. The molecule has 0 fully saturated rings. The molecule has 0 bridgehead atoms. The van der Waals surface area contributed by atoms with E-state index in [1.165, 1.54) is 0 Å². The van der Waals surface area contributed by atoms with Crippen molar-refractivity contribution in [3.8, 4) is 21.1 Å². The highest BCUT2D eigenvalue weighted by molar-refractivity contribution is 7.29. The second kappa shape index (κ2) is 6.06. The Hall–Kier alpha value is -2.46. The van der Waals surface area contributed by atoms with Gasteiger partial charge >= 0.3 is 0 Å². The number of nitrogens with zero attached hydrogens (tertiary/aromatic N) is 2. The van der Waals surface area contributed by atoms with Gasteiger partial charge in [0.05, 0.1) is 0 Å². The van der Waals surface area contributed by atoms with Gasteiger partial charge in [-0.05, 0) is 24.3 Å². The van der Waals surface area contributed by atoms with Crippen molar-refractivity contribution < 1.29 is 26.3 Å². The van der Waals surface area contributed by atoms with E-state index in [9.17, 15) is 26.3 Å². The lowest BCUT2D eigenvalue weighted by atomic mass is 10.2. The van der Waals surface area contributed by atoms with Gasteiger partial charge in [0, 0.05) is 11.1 Å². The summed E-state index contributed by atoms with van der Waals surface area (Å²) in [7, 11) is 0. The molecule has 0 amide bonds. The van der Waals surface area contributed by atoms with Crippen molar-refractivity contribution in [3.63, 3.8) is 0 Å². The van der Waals surface area contributed by atoms with Crippen LogP contribution in [-0.2, 0) is 0 Å². The molecule has 0 aliphatic heterocycles. The summed E-state index contributed by atoms with van der Waals surface area (Å²) in [4.78, 5) is 8.71. The van der Waals surface area contributed by atoms with Crippen LogP contribution in [0.3, 0.4) is 0 Å². The van der Waals surface area contributed by atoms with E-state index in [1.54, 1.807) is 0 Å². The quantitative estimate of drug-likeness (QED) is 0.307. The average molecular weight is 402 g/mol. The first-order valence-corrected chi connectivity index (χ1v) is 8.55. The van der Waals surface area contributed by atoms with Crippen molar-refractivity contribution in [1.29, 1.82) is 0 Å². The molecule has 0 aliphatic carbocycles. The highest BCUT2D eigenvalue weighted by Gasteiger charge is 2.21. The fraction of sp³-hybridized carbons (Fsp3) is 0. The molecule has 0 atom stereocenters. The number of fused-ring (bicyclic) bond motifs is 1. The van der Waals surface area contributed by atoms with Gasteiger partial charge in [-0.3, -0.25) is 0 Å². The van der Waals surface area contributed by atoms with Crippen molar-refractivity contribution in [3.05, 3.63) is 59.2 Å². The maximum Gasteiger partial charge on any atom is 0.195 e. The fourth-order valence-electron chi connectivity index (χ4n) is 2.25. The minimum Gasteiger partial charge on any atom is -0.223 e. The highest BCUT2D eigenvalue weighted by Crippen LogP contribution is 2.38. The lowest BCUT2D eigenvalue weighted by molar-refractivity contribution is 0.449. The van der Waals surface area contributed by atoms with Gasteiger partial charge in [0.2, 0.25) is 0 Å². The zero-order valence-electron chi connectivity index (χ0n) is 12.3. The highest BCUT2D eigenvalue weighted by atomic mass is 32.1. The lowest BCUT2D eigenvalue weighted by Gasteiger charge is -2.01. The van der Waals surface area contributed by atoms with Gasteiger partial charge < -0.3 is 0 Å². The molecule has 0 saturated heterocycles. The first-order valence-electron chi connectivity index (χ1n) is 6.92. The maximum atomic E-state index is 13.9. The molecular weight excluding hydrogens is 398 g/mol. The number of hydrogen-bond acceptors (Lipinski definition) is 4. The summed E-state index contributed by atoms with van der Waals surface area (Å²) in [5.41, 5.74) is -0.473. The molecule has 0 spiro atoms. The summed E-state index contributed by atoms with van der Waals surface area (Å²) >= 11 is 1.75. The molecule has 2 nitrogen and oxygen atoms in total. The third-order valence-corrected chi connectivity index (χ3v) is 5.60. The van der Waals surface area contributed by atoms with E-state index in [4.69, 9.17) is 0 Å². The number of rotatable bonds is 2. The SMILES string of the molecule is Fc1ccc(-c2nc3sc(-c4ccc(F)c(F)c4F)nc3s2)c(F)c1F. The second-order valence-electron chi connectivity index (χ2n) is 5.09. The molecule has 2 aromatic heterocycles. The summed E-state index contributed by atoms with van der Waals surface area (Å²) < 4.78 is 80.5. The molecule has 26 heavy (non-hydrogen) atoms. The van der Waals surface area contributed by atoms with Gasteiger partial charge in [-0.25, -0.2) is 36.3 Å². The molecule has 0 unspecified atom stereocenters. The zero-order valence-corrected chi connectivity index (χ0v) is 13.9. The topological polar surface area (TPSA) is 25.8 Å². The van der Waals surface area contributed by atoms with Crippen LogP contribution in [-0.4, -0.2) is 9.97 Å². The van der Waals surface area contributed by atoms with E-state index in [0.717, 1.165) is 46.9 Å². The average Bonchev–Trinajstić information content (AvgIpc) is 3.17. The Labute approximate surface area is 149 Å². The van der Waals surface area contributed by atoms with Crippen LogP contribution in [0, 0.1) is 34.9 Å². The van der Waals surface area contributed by atoms with Crippen LogP contribution in [0.25, 0.3) is 30.8 Å². The fourth-order valence-corrected chi connectivity index (χ4v) is 4.34. The number of thiazole rings is 2. The summed E-state index contributed by atoms with van der Waals surface area (Å²) in [6, 6.07) is 3.65. The number of halogens is 6. The van der Waals surface area contributed by atoms with E-state index in [1.807, 2.05) is 0 Å². The van der Waals surface area contributed by atoms with E-state index < -0.39 is 34.9 Å². The second-order valence-corrected chi connectivity index (χ2v) is 7.05. The molecule has 0 N–H and O–H groups in total. The van der Waals surface area contributed by atoms with Crippen LogP contribution >= 0.6 is 22.7 Å². The standard InChI is InChI=1S/C16H4F6N2S2/c17-7-3-1-5(9(19)11(7)21)13-23-15-16(25-13)24-14(26-15)6-2-4-8(18)12(22)10(6)20/h1-4H. The number of benzene rings is 2. The van der Waals surface area contributed by atoms with E-state index in [0.29, 0.717) is 0 Å². The molecule has 0 saturated carbocycles. The molecule has 0 radical (unpaired) electrons. The van der Waals surface area contributed by atoms with Crippen molar-refractivity contribution in [1.82, 2.24) is 9.97 Å². The van der Waals surface area contributed by atoms with Crippen molar-refractivity contribution in [2.75, 3.05) is 0 Å². The molecule has 10 heteroatoms. The van der Waals surface area contributed by atoms with Gasteiger partial charge in [0.15, 0.2) is 44.6 Å². The molecule has 4 aromatic rings. The summed E-state index contributed by atoms with van der Waals surface area (Å²) in [5.74, 6) is -8.62.